The van der Waals surface area contributed by atoms with E-state index in [9.17, 15) is 19.2 Å². The topological polar surface area (TPSA) is 130 Å². The summed E-state index contributed by atoms with van der Waals surface area (Å²) in [5, 5.41) is 3.00. The highest BCUT2D eigenvalue weighted by Crippen LogP contribution is 2.12. The lowest BCUT2D eigenvalue weighted by atomic mass is 10.1. The molecule has 0 bridgehead atoms. The average molecular weight is 827 g/mol. The Balaban J connectivity index is 2.31. The molecule has 1 rings (SSSR count). The molecule has 1 saturated heterocycles. The number of hydrogen-bond acceptors (Lipinski definition) is 11. The number of esters is 4. The van der Waals surface area contributed by atoms with Crippen molar-refractivity contribution in [1.82, 2.24) is 10.2 Å². The molecule has 0 amide bonds. The number of likely N-dealkylation sites (tertiary alicyclic amines) is 1. The van der Waals surface area contributed by atoms with E-state index in [0.29, 0.717) is 45.4 Å². The monoisotopic (exact) mass is 827 g/mol. The van der Waals surface area contributed by atoms with Gasteiger partial charge in [0, 0.05) is 19.4 Å². The van der Waals surface area contributed by atoms with E-state index < -0.39 is 18.0 Å². The fourth-order valence-electron chi connectivity index (χ4n) is 6.76. The van der Waals surface area contributed by atoms with Gasteiger partial charge in [-0.05, 0) is 96.1 Å². The van der Waals surface area contributed by atoms with E-state index in [4.69, 9.17) is 35.9 Å². The van der Waals surface area contributed by atoms with Crippen LogP contribution in [0.1, 0.15) is 200 Å². The van der Waals surface area contributed by atoms with Gasteiger partial charge in [-0.3, -0.25) is 9.59 Å². The van der Waals surface area contributed by atoms with Crippen LogP contribution in [-0.2, 0) is 42.9 Å². The summed E-state index contributed by atoms with van der Waals surface area (Å²) in [6, 6.07) is 0. The highest BCUT2D eigenvalue weighted by Gasteiger charge is 2.33. The van der Waals surface area contributed by atoms with E-state index in [1.54, 1.807) is 0 Å². The summed E-state index contributed by atoms with van der Waals surface area (Å²) in [5.41, 5.74) is 0. The van der Waals surface area contributed by atoms with Gasteiger partial charge in [-0.2, -0.15) is 0 Å². The number of ether oxygens (including phenoxy) is 5. The maximum absolute atomic E-state index is 13.0. The lowest BCUT2D eigenvalue weighted by Gasteiger charge is -2.26. The van der Waals surface area contributed by atoms with Gasteiger partial charge in [0.25, 0.3) is 11.3 Å². The molecule has 0 aromatic carbocycles. The summed E-state index contributed by atoms with van der Waals surface area (Å²) in [7, 11) is 0. The predicted octanol–water partition coefficient (Wildman–Crippen LogP) is 10.1. The Morgan fingerprint density at radius 2 is 0.912 bits per heavy atom. The molecule has 1 aliphatic rings. The quantitative estimate of drug-likeness (QED) is 0.0209. The number of thiocarbonyl (C=S) groups is 1. The summed E-state index contributed by atoms with van der Waals surface area (Å²) < 4.78 is 27.2. The first-order chi connectivity index (χ1) is 27.9. The number of piperidine rings is 1. The van der Waals surface area contributed by atoms with Gasteiger partial charge in [0.05, 0.1) is 26.4 Å². The van der Waals surface area contributed by atoms with Crippen LogP contribution in [0.25, 0.3) is 0 Å². The Morgan fingerprint density at radius 3 is 1.37 bits per heavy atom. The van der Waals surface area contributed by atoms with Crippen LogP contribution in [-0.4, -0.2) is 92.7 Å². The number of unbranched alkanes of at least 4 members (excludes halogenated alkanes) is 19. The Hall–Kier alpha value is -2.47. The number of nitrogens with zero attached hydrogens (tertiary/aromatic N) is 1. The number of carbonyl (C=O) groups excluding carboxylic acids is 4. The number of carbonyl (C=O) groups is 4. The SMILES string of the molecule is CCCCCCCCOC(=O)CCCCCCCOC(=O)C(OC(=S)NCCCCN1CCCCC1)C(=O)OCCCCCCCC(=O)OCCCCCCCC. The molecule has 12 heteroatoms. The summed E-state index contributed by atoms with van der Waals surface area (Å²) in [4.78, 5) is 52.5. The Morgan fingerprint density at radius 1 is 0.509 bits per heavy atom. The van der Waals surface area contributed by atoms with Crippen molar-refractivity contribution in [3.8, 4) is 0 Å². The Labute approximate surface area is 352 Å². The summed E-state index contributed by atoms with van der Waals surface area (Å²) in [6.07, 6.45) is 27.0. The second kappa shape index (κ2) is 39.0. The van der Waals surface area contributed by atoms with Gasteiger partial charge < -0.3 is 33.9 Å². The largest absolute Gasteiger partial charge is 0.466 e. The molecule has 0 unspecified atom stereocenters. The van der Waals surface area contributed by atoms with E-state index in [2.05, 4.69) is 24.1 Å². The zero-order chi connectivity index (χ0) is 41.4. The molecular formula is C45H82N2O9S. The molecule has 0 atom stereocenters. The van der Waals surface area contributed by atoms with Crippen molar-refractivity contribution in [1.29, 1.82) is 0 Å². The van der Waals surface area contributed by atoms with Gasteiger partial charge in [-0.15, -0.1) is 0 Å². The molecule has 1 aliphatic heterocycles. The van der Waals surface area contributed by atoms with Crippen LogP contribution in [0.4, 0.5) is 0 Å². The van der Waals surface area contributed by atoms with E-state index >= 15 is 0 Å². The molecule has 1 N–H and O–H groups in total. The van der Waals surface area contributed by atoms with Gasteiger partial charge in [-0.25, -0.2) is 9.59 Å². The minimum absolute atomic E-state index is 0.0251. The highest BCUT2D eigenvalue weighted by atomic mass is 32.1. The van der Waals surface area contributed by atoms with Crippen LogP contribution in [0.5, 0.6) is 0 Å². The lowest BCUT2D eigenvalue weighted by molar-refractivity contribution is -0.168. The maximum Gasteiger partial charge on any atom is 0.359 e. The molecule has 0 spiro atoms. The Kier molecular flexibility index (Phi) is 36.0. The number of rotatable bonds is 38. The van der Waals surface area contributed by atoms with Crippen LogP contribution in [0, 0.1) is 0 Å². The fraction of sp³-hybridized carbons (Fsp3) is 0.889. The van der Waals surface area contributed by atoms with Crippen LogP contribution in [0.15, 0.2) is 0 Å². The molecule has 0 aliphatic carbocycles. The van der Waals surface area contributed by atoms with Crippen molar-refractivity contribution in [2.75, 3.05) is 52.6 Å². The van der Waals surface area contributed by atoms with Crippen molar-refractivity contribution in [2.45, 2.75) is 206 Å². The average Bonchev–Trinajstić information content (AvgIpc) is 3.21. The summed E-state index contributed by atoms with van der Waals surface area (Å²) >= 11 is 5.34. The maximum atomic E-state index is 13.0. The smallest absolute Gasteiger partial charge is 0.359 e. The third kappa shape index (κ3) is 33.1. The van der Waals surface area contributed by atoms with Gasteiger partial charge in [0.1, 0.15) is 0 Å². The van der Waals surface area contributed by atoms with Crippen molar-refractivity contribution < 1.29 is 42.9 Å². The van der Waals surface area contributed by atoms with Crippen molar-refractivity contribution in [3.05, 3.63) is 0 Å². The first-order valence-corrected chi connectivity index (χ1v) is 23.6. The summed E-state index contributed by atoms with van der Waals surface area (Å²) in [5.74, 6) is -1.89. The zero-order valence-corrected chi connectivity index (χ0v) is 37.1. The molecule has 0 aromatic rings. The standard InChI is InChI=1S/C45H82N2O9S/c1-3-5-7-9-15-26-36-52-40(48)30-20-13-11-17-28-38-54-43(50)42(56-45(57)46-32-22-25-35-47-33-23-19-24-34-47)44(51)55-39-29-18-12-14-21-31-41(49)53-37-27-16-10-8-6-4-2/h42H,3-39H2,1-2H3,(H,46,57). The zero-order valence-electron chi connectivity index (χ0n) is 36.3. The third-order valence-corrected chi connectivity index (χ3v) is 10.6. The van der Waals surface area contributed by atoms with Crippen LogP contribution < -0.4 is 5.32 Å². The molecule has 0 aromatic heterocycles. The van der Waals surface area contributed by atoms with Crippen molar-refractivity contribution in [2.24, 2.45) is 0 Å². The Bertz CT molecular complexity index is 967. The van der Waals surface area contributed by atoms with E-state index in [1.165, 1.54) is 70.6 Å². The summed E-state index contributed by atoms with van der Waals surface area (Å²) in [6.45, 7) is 9.66. The van der Waals surface area contributed by atoms with Crippen molar-refractivity contribution >= 4 is 41.3 Å². The van der Waals surface area contributed by atoms with Crippen molar-refractivity contribution in [3.63, 3.8) is 0 Å². The highest BCUT2D eigenvalue weighted by molar-refractivity contribution is 7.80. The molecule has 11 nitrogen and oxygen atoms in total. The van der Waals surface area contributed by atoms with Crippen LogP contribution >= 0.6 is 12.2 Å². The molecule has 57 heavy (non-hydrogen) atoms. The number of nitrogens with one attached hydrogen (secondary N) is 1. The number of hydrogen-bond donors (Lipinski definition) is 1. The fourth-order valence-corrected chi connectivity index (χ4v) is 6.95. The first-order valence-electron chi connectivity index (χ1n) is 23.2. The molecule has 1 heterocycles. The predicted molar refractivity (Wildman–Crippen MR) is 231 cm³/mol. The first kappa shape index (κ1) is 52.5. The second-order valence-electron chi connectivity index (χ2n) is 15.7. The van der Waals surface area contributed by atoms with Crippen LogP contribution in [0.3, 0.4) is 0 Å². The van der Waals surface area contributed by atoms with E-state index in [0.717, 1.165) is 110 Å². The minimum Gasteiger partial charge on any atom is -0.466 e. The molecule has 0 radical (unpaired) electrons. The molecule has 0 saturated carbocycles. The van der Waals surface area contributed by atoms with Gasteiger partial charge in [-0.1, -0.05) is 123 Å². The third-order valence-electron chi connectivity index (χ3n) is 10.3. The van der Waals surface area contributed by atoms with Gasteiger partial charge in [0.2, 0.25) is 0 Å². The van der Waals surface area contributed by atoms with Crippen LogP contribution in [0.2, 0.25) is 0 Å². The van der Waals surface area contributed by atoms with Gasteiger partial charge >= 0.3 is 23.9 Å². The van der Waals surface area contributed by atoms with Gasteiger partial charge in [0.15, 0.2) is 0 Å². The second-order valence-corrected chi connectivity index (χ2v) is 16.0. The normalized spacial score (nSPS) is 13.0. The van der Waals surface area contributed by atoms with E-state index in [-0.39, 0.29) is 30.3 Å². The van der Waals surface area contributed by atoms with E-state index in [1.807, 2.05) is 0 Å². The molecule has 1 fully saturated rings. The lowest BCUT2D eigenvalue weighted by Crippen LogP contribution is -2.41. The minimum atomic E-state index is -1.59. The molecule has 332 valence electrons. The molecular weight excluding hydrogens is 745 g/mol.